The molecule has 4 aliphatic rings. The molecule has 0 bridgehead atoms. The van der Waals surface area contributed by atoms with E-state index in [9.17, 15) is 14.7 Å². The van der Waals surface area contributed by atoms with Crippen LogP contribution in [0.25, 0.3) is 0 Å². The number of hydrogen-bond donors (Lipinski definition) is 1. The first-order chi connectivity index (χ1) is 13.6. The van der Waals surface area contributed by atoms with Gasteiger partial charge in [-0.2, -0.15) is 0 Å². The van der Waals surface area contributed by atoms with Crippen molar-refractivity contribution < 1.29 is 24.2 Å². The quantitative estimate of drug-likeness (QED) is 0.556. The van der Waals surface area contributed by atoms with Gasteiger partial charge in [0.15, 0.2) is 0 Å². The van der Waals surface area contributed by atoms with Crippen LogP contribution in [0.3, 0.4) is 0 Å². The van der Waals surface area contributed by atoms with Crippen molar-refractivity contribution in [3.05, 3.63) is 11.6 Å². The predicted molar refractivity (Wildman–Crippen MR) is 109 cm³/mol. The normalized spacial score (nSPS) is 48.6. The summed E-state index contributed by atoms with van der Waals surface area (Å²) in [5.41, 5.74) is 1.31. The minimum Gasteiger partial charge on any atom is -0.459 e. The van der Waals surface area contributed by atoms with Gasteiger partial charge in [-0.1, -0.05) is 32.4 Å². The van der Waals surface area contributed by atoms with Gasteiger partial charge in [-0.3, -0.25) is 9.59 Å². The Morgan fingerprint density at radius 2 is 1.76 bits per heavy atom. The van der Waals surface area contributed by atoms with E-state index in [1.54, 1.807) is 0 Å². The molecule has 9 atom stereocenters. The number of aliphatic hydroxyl groups is 1. The zero-order valence-electron chi connectivity index (χ0n) is 18.4. The van der Waals surface area contributed by atoms with Crippen molar-refractivity contribution in [1.29, 1.82) is 0 Å². The van der Waals surface area contributed by atoms with Gasteiger partial charge in [0, 0.05) is 19.3 Å². The molecule has 5 nitrogen and oxygen atoms in total. The van der Waals surface area contributed by atoms with Gasteiger partial charge in [0.1, 0.15) is 12.2 Å². The lowest BCUT2D eigenvalue weighted by Crippen LogP contribution is -2.55. The van der Waals surface area contributed by atoms with E-state index in [1.165, 1.54) is 32.3 Å². The third kappa shape index (κ3) is 3.24. The molecule has 0 aromatic rings. The summed E-state index contributed by atoms with van der Waals surface area (Å²) in [5.74, 6) is 0.715. The Kier molecular flexibility index (Phi) is 5.12. The second-order valence-electron chi connectivity index (χ2n) is 10.7. The summed E-state index contributed by atoms with van der Waals surface area (Å²) in [7, 11) is 0. The number of allylic oxidation sites excluding steroid dienone is 1. The molecule has 4 rings (SSSR count). The molecule has 4 aliphatic carbocycles. The molecule has 29 heavy (non-hydrogen) atoms. The van der Waals surface area contributed by atoms with Gasteiger partial charge in [-0.05, 0) is 67.6 Å². The molecule has 0 aromatic carbocycles. The van der Waals surface area contributed by atoms with E-state index >= 15 is 0 Å². The number of aliphatic hydroxyl groups excluding tert-OH is 1. The number of carbonyl (C=O) groups is 2. The molecule has 0 aromatic heterocycles. The summed E-state index contributed by atoms with van der Waals surface area (Å²) >= 11 is 0. The third-order valence-corrected chi connectivity index (χ3v) is 8.90. The Labute approximate surface area is 174 Å². The van der Waals surface area contributed by atoms with Crippen LogP contribution in [-0.4, -0.2) is 35.4 Å². The molecule has 3 unspecified atom stereocenters. The van der Waals surface area contributed by atoms with E-state index in [2.05, 4.69) is 26.8 Å². The van der Waals surface area contributed by atoms with Crippen LogP contribution in [0.2, 0.25) is 0 Å². The maximum absolute atomic E-state index is 11.8. The third-order valence-electron chi connectivity index (χ3n) is 8.90. The first-order valence-electron chi connectivity index (χ1n) is 11.3. The summed E-state index contributed by atoms with van der Waals surface area (Å²) in [4.78, 5) is 23.6. The minimum atomic E-state index is -0.480. The molecule has 0 amide bonds. The molecule has 0 heterocycles. The van der Waals surface area contributed by atoms with E-state index in [0.29, 0.717) is 18.3 Å². The fraction of sp³-hybridized carbons (Fsp3) is 0.833. The fourth-order valence-electron chi connectivity index (χ4n) is 7.49. The summed E-state index contributed by atoms with van der Waals surface area (Å²) < 4.78 is 11.4. The maximum atomic E-state index is 11.8. The molecular formula is C24H36O5. The van der Waals surface area contributed by atoms with Gasteiger partial charge >= 0.3 is 11.9 Å². The number of esters is 2. The van der Waals surface area contributed by atoms with Gasteiger partial charge in [0.05, 0.1) is 6.10 Å². The lowest BCUT2D eigenvalue weighted by atomic mass is 9.47. The van der Waals surface area contributed by atoms with Crippen molar-refractivity contribution in [2.75, 3.05) is 0 Å². The van der Waals surface area contributed by atoms with Crippen LogP contribution < -0.4 is 0 Å². The molecular weight excluding hydrogens is 368 g/mol. The van der Waals surface area contributed by atoms with Gasteiger partial charge in [0.25, 0.3) is 0 Å². The van der Waals surface area contributed by atoms with Crippen LogP contribution in [0.15, 0.2) is 11.6 Å². The minimum absolute atomic E-state index is 0.120. The number of hydrogen-bond acceptors (Lipinski definition) is 5. The van der Waals surface area contributed by atoms with E-state index < -0.39 is 18.3 Å². The van der Waals surface area contributed by atoms with Crippen LogP contribution in [0.4, 0.5) is 0 Å². The molecule has 0 radical (unpaired) electrons. The highest BCUT2D eigenvalue weighted by molar-refractivity contribution is 5.67. The molecule has 1 N–H and O–H groups in total. The number of fused-ring (bicyclic) bond motifs is 5. The molecule has 5 heteroatoms. The Hall–Kier alpha value is -1.36. The van der Waals surface area contributed by atoms with Gasteiger partial charge < -0.3 is 14.6 Å². The lowest BCUT2D eigenvalue weighted by Gasteiger charge is -2.58. The van der Waals surface area contributed by atoms with Crippen molar-refractivity contribution >= 4 is 11.9 Å². The molecule has 3 fully saturated rings. The Balaban J connectivity index is 1.70. The summed E-state index contributed by atoms with van der Waals surface area (Å²) in [6.45, 7) is 9.71. The average molecular weight is 405 g/mol. The topological polar surface area (TPSA) is 72.8 Å². The second-order valence-corrected chi connectivity index (χ2v) is 10.7. The highest BCUT2D eigenvalue weighted by Gasteiger charge is 2.64. The number of ether oxygens (including phenoxy) is 2. The van der Waals surface area contributed by atoms with Crippen molar-refractivity contribution in [1.82, 2.24) is 0 Å². The standard InChI is InChI=1S/C24H36O5/c1-13-6-8-23(4)16(10-13)11-19(27)21-17(23)7-9-24(5)18(21)12-20(28-14(2)25)22(24)29-15(3)26/h11,13,17-22,27H,6-10,12H2,1-5H3/t13-,17?,18?,19+,20-,21?,22+,23+,24+/m1/s1. The first-order valence-corrected chi connectivity index (χ1v) is 11.3. The smallest absolute Gasteiger partial charge is 0.303 e. The maximum Gasteiger partial charge on any atom is 0.303 e. The summed E-state index contributed by atoms with van der Waals surface area (Å²) in [6.07, 6.45) is 6.90. The van der Waals surface area contributed by atoms with Crippen molar-refractivity contribution in [2.45, 2.75) is 91.5 Å². The van der Waals surface area contributed by atoms with E-state index in [0.717, 1.165) is 19.3 Å². The number of carbonyl (C=O) groups excluding carboxylic acids is 2. The predicted octanol–water partition coefficient (Wildman–Crippen LogP) is 4.03. The molecule has 0 spiro atoms. The molecule has 0 aliphatic heterocycles. The molecule has 0 saturated heterocycles. The van der Waals surface area contributed by atoms with Crippen LogP contribution in [0.1, 0.15) is 73.1 Å². The highest BCUT2D eigenvalue weighted by atomic mass is 16.6. The zero-order chi connectivity index (χ0) is 21.1. The highest BCUT2D eigenvalue weighted by Crippen LogP contribution is 2.65. The summed E-state index contributed by atoms with van der Waals surface area (Å²) in [6, 6.07) is 0. The first kappa shape index (κ1) is 20.9. The SMILES string of the molecule is CC(=O)O[C@@H]1CC2C3C(CC[C@]2(C)[C@H]1OC(C)=O)[C@@]1(C)CC[C@@H](C)CC1=C[C@@H]3O. The van der Waals surface area contributed by atoms with Gasteiger partial charge in [0.2, 0.25) is 0 Å². The summed E-state index contributed by atoms with van der Waals surface area (Å²) in [5, 5.41) is 11.2. The molecule has 3 saturated carbocycles. The average Bonchev–Trinajstić information content (AvgIpc) is 2.88. The van der Waals surface area contributed by atoms with E-state index in [-0.39, 0.29) is 34.6 Å². The van der Waals surface area contributed by atoms with Crippen LogP contribution >= 0.6 is 0 Å². The van der Waals surface area contributed by atoms with Gasteiger partial charge in [-0.25, -0.2) is 0 Å². The van der Waals surface area contributed by atoms with Gasteiger partial charge in [-0.15, -0.1) is 0 Å². The van der Waals surface area contributed by atoms with Crippen LogP contribution in [0, 0.1) is 34.5 Å². The molecule has 162 valence electrons. The van der Waals surface area contributed by atoms with Crippen LogP contribution in [-0.2, 0) is 19.1 Å². The van der Waals surface area contributed by atoms with Crippen molar-refractivity contribution in [3.8, 4) is 0 Å². The fourth-order valence-corrected chi connectivity index (χ4v) is 7.49. The monoisotopic (exact) mass is 404 g/mol. The Morgan fingerprint density at radius 1 is 1.07 bits per heavy atom. The van der Waals surface area contributed by atoms with E-state index in [4.69, 9.17) is 9.47 Å². The zero-order valence-corrected chi connectivity index (χ0v) is 18.4. The largest absolute Gasteiger partial charge is 0.459 e. The van der Waals surface area contributed by atoms with Crippen molar-refractivity contribution in [2.24, 2.45) is 34.5 Å². The van der Waals surface area contributed by atoms with Crippen LogP contribution in [0.5, 0.6) is 0 Å². The Bertz CT molecular complexity index is 729. The van der Waals surface area contributed by atoms with Crippen molar-refractivity contribution in [3.63, 3.8) is 0 Å². The van der Waals surface area contributed by atoms with E-state index in [1.807, 2.05) is 0 Å². The second kappa shape index (κ2) is 7.11. The number of rotatable bonds is 2. The Morgan fingerprint density at radius 3 is 2.41 bits per heavy atom. The lowest BCUT2D eigenvalue weighted by molar-refractivity contribution is -0.173.